The predicted octanol–water partition coefficient (Wildman–Crippen LogP) is 3.96. The van der Waals surface area contributed by atoms with Crippen molar-refractivity contribution < 1.29 is 24.5 Å². The van der Waals surface area contributed by atoms with Crippen LogP contribution in [0.15, 0.2) is 61.3 Å². The minimum atomic E-state index is -0.962. The van der Waals surface area contributed by atoms with Crippen LogP contribution in [0, 0.1) is 0 Å². The maximum Gasteiger partial charge on any atom is 0.229 e. The van der Waals surface area contributed by atoms with Crippen LogP contribution in [-0.4, -0.2) is 60.6 Å². The minimum absolute atomic E-state index is 0.0942. The topological polar surface area (TPSA) is 123 Å². The lowest BCUT2D eigenvalue weighted by Gasteiger charge is -2.20. The fourth-order valence-electron chi connectivity index (χ4n) is 3.79. The number of nitrogens with zero attached hydrogens (tertiary/aromatic N) is 4. The number of nitrogens with one attached hydrogen (secondary N) is 1. The number of aromatic hydroxyl groups is 3. The van der Waals surface area contributed by atoms with Gasteiger partial charge < -0.3 is 25.5 Å². The number of phenols is 3. The SMILES string of the molecule is C=Cc1cnn2c(NCCCN(CF)C(=O)Cc3ccc(O)cc3O)cc(-c3ccccc3O)nc12. The Morgan fingerprint density at radius 2 is 1.94 bits per heavy atom. The highest BCUT2D eigenvalue weighted by molar-refractivity contribution is 5.79. The number of aromatic nitrogens is 3. The number of para-hydroxylation sites is 1. The average molecular weight is 492 g/mol. The Labute approximate surface area is 206 Å². The number of halogens is 1. The number of hydrogen-bond acceptors (Lipinski definition) is 7. The van der Waals surface area contributed by atoms with E-state index in [0.29, 0.717) is 41.3 Å². The summed E-state index contributed by atoms with van der Waals surface area (Å²) in [5.74, 6) is -0.112. The van der Waals surface area contributed by atoms with Crippen LogP contribution in [-0.2, 0) is 11.2 Å². The van der Waals surface area contributed by atoms with Gasteiger partial charge in [0.05, 0.1) is 18.3 Å². The fourth-order valence-corrected chi connectivity index (χ4v) is 3.79. The molecule has 10 heteroatoms. The van der Waals surface area contributed by atoms with Gasteiger partial charge in [-0.1, -0.05) is 30.9 Å². The molecule has 0 aliphatic heterocycles. The molecular formula is C26H26FN5O4. The zero-order chi connectivity index (χ0) is 25.7. The quantitative estimate of drug-likeness (QED) is 0.196. The highest BCUT2D eigenvalue weighted by atomic mass is 19.1. The van der Waals surface area contributed by atoms with Crippen molar-refractivity contribution in [2.24, 2.45) is 0 Å². The molecule has 4 aromatic rings. The largest absolute Gasteiger partial charge is 0.508 e. The summed E-state index contributed by atoms with van der Waals surface area (Å²) in [4.78, 5) is 18.2. The van der Waals surface area contributed by atoms with Crippen molar-refractivity contribution in [1.82, 2.24) is 19.5 Å². The first kappa shape index (κ1) is 24.5. The summed E-state index contributed by atoms with van der Waals surface area (Å²) in [6.45, 7) is 3.39. The molecule has 0 unspecified atom stereocenters. The van der Waals surface area contributed by atoms with Crippen molar-refractivity contribution in [3.8, 4) is 28.5 Å². The van der Waals surface area contributed by atoms with E-state index in [-0.39, 0.29) is 30.2 Å². The molecule has 2 heterocycles. The zero-order valence-electron chi connectivity index (χ0n) is 19.4. The third-order valence-corrected chi connectivity index (χ3v) is 5.72. The van der Waals surface area contributed by atoms with E-state index in [1.54, 1.807) is 47.1 Å². The number of fused-ring (bicyclic) bond motifs is 1. The Kier molecular flexibility index (Phi) is 7.33. The first-order valence-corrected chi connectivity index (χ1v) is 11.3. The molecule has 0 fully saturated rings. The van der Waals surface area contributed by atoms with Gasteiger partial charge in [0.15, 0.2) is 12.4 Å². The maximum absolute atomic E-state index is 13.6. The predicted molar refractivity (Wildman–Crippen MR) is 134 cm³/mol. The Morgan fingerprint density at radius 3 is 2.67 bits per heavy atom. The van der Waals surface area contributed by atoms with Crippen LogP contribution in [0.3, 0.4) is 0 Å². The van der Waals surface area contributed by atoms with Crippen molar-refractivity contribution in [2.45, 2.75) is 12.8 Å². The van der Waals surface area contributed by atoms with Crippen LogP contribution < -0.4 is 5.32 Å². The molecule has 36 heavy (non-hydrogen) atoms. The standard InChI is InChI=1S/C26H26FN5O4/c1-2-17-15-29-32-24(14-21(30-26(17)32)20-6-3-4-7-22(20)34)28-10-5-11-31(16-27)25(36)12-18-8-9-19(33)13-23(18)35/h2-4,6-9,13-15,28,33-35H,1,5,10-12,16H2. The molecule has 0 saturated carbocycles. The van der Waals surface area contributed by atoms with E-state index in [4.69, 9.17) is 0 Å². The number of hydrogen-bond donors (Lipinski definition) is 4. The van der Waals surface area contributed by atoms with Gasteiger partial charge in [0.25, 0.3) is 0 Å². The van der Waals surface area contributed by atoms with Crippen molar-refractivity contribution in [1.29, 1.82) is 0 Å². The molecule has 186 valence electrons. The smallest absolute Gasteiger partial charge is 0.229 e. The second kappa shape index (κ2) is 10.8. The number of rotatable bonds is 10. The summed E-state index contributed by atoms with van der Waals surface area (Å²) in [5.41, 5.74) is 2.69. The van der Waals surface area contributed by atoms with Gasteiger partial charge in [-0.15, -0.1) is 0 Å². The van der Waals surface area contributed by atoms with Gasteiger partial charge in [-0.05, 0) is 24.6 Å². The molecule has 0 aliphatic carbocycles. The van der Waals surface area contributed by atoms with Crippen molar-refractivity contribution in [3.05, 3.63) is 72.4 Å². The molecule has 0 saturated heterocycles. The molecule has 0 bridgehead atoms. The average Bonchev–Trinajstić information content (AvgIpc) is 3.29. The van der Waals surface area contributed by atoms with E-state index in [0.717, 1.165) is 16.5 Å². The number of anilines is 1. The fraction of sp³-hybridized carbons (Fsp3) is 0.192. The van der Waals surface area contributed by atoms with Gasteiger partial charge in [0, 0.05) is 41.9 Å². The van der Waals surface area contributed by atoms with E-state index in [1.165, 1.54) is 12.1 Å². The van der Waals surface area contributed by atoms with Gasteiger partial charge in [-0.2, -0.15) is 9.61 Å². The first-order valence-electron chi connectivity index (χ1n) is 11.3. The van der Waals surface area contributed by atoms with Gasteiger partial charge in [-0.3, -0.25) is 4.79 Å². The normalized spacial score (nSPS) is 10.9. The van der Waals surface area contributed by atoms with E-state index in [9.17, 15) is 24.5 Å². The van der Waals surface area contributed by atoms with E-state index in [1.807, 2.05) is 0 Å². The number of phenolic OH excluding ortho intramolecular Hbond substituents is 3. The van der Waals surface area contributed by atoms with Crippen molar-refractivity contribution in [2.75, 3.05) is 25.2 Å². The molecular weight excluding hydrogens is 465 g/mol. The summed E-state index contributed by atoms with van der Waals surface area (Å²) in [6.07, 6.45) is 3.53. The molecule has 4 N–H and O–H groups in total. The molecule has 2 aromatic heterocycles. The number of amides is 1. The summed E-state index contributed by atoms with van der Waals surface area (Å²) in [7, 11) is 0. The summed E-state index contributed by atoms with van der Waals surface area (Å²) < 4.78 is 15.2. The molecule has 0 spiro atoms. The lowest BCUT2D eigenvalue weighted by atomic mass is 10.1. The van der Waals surface area contributed by atoms with Crippen LogP contribution in [0.2, 0.25) is 0 Å². The highest BCUT2D eigenvalue weighted by Crippen LogP contribution is 2.30. The molecule has 4 rings (SSSR count). The van der Waals surface area contributed by atoms with Crippen molar-refractivity contribution in [3.63, 3.8) is 0 Å². The van der Waals surface area contributed by atoms with E-state index >= 15 is 0 Å². The summed E-state index contributed by atoms with van der Waals surface area (Å²) in [6, 6.07) is 12.6. The van der Waals surface area contributed by atoms with Crippen LogP contribution in [0.1, 0.15) is 17.5 Å². The summed E-state index contributed by atoms with van der Waals surface area (Å²) in [5, 5.41) is 37.2. The van der Waals surface area contributed by atoms with Crippen molar-refractivity contribution >= 4 is 23.4 Å². The monoisotopic (exact) mass is 491 g/mol. The van der Waals surface area contributed by atoms with Gasteiger partial charge in [0.1, 0.15) is 23.1 Å². The van der Waals surface area contributed by atoms with E-state index in [2.05, 4.69) is 22.0 Å². The van der Waals surface area contributed by atoms with Gasteiger partial charge in [-0.25, -0.2) is 9.37 Å². The molecule has 9 nitrogen and oxygen atoms in total. The lowest BCUT2D eigenvalue weighted by molar-refractivity contribution is -0.132. The van der Waals surface area contributed by atoms with E-state index < -0.39 is 12.7 Å². The Morgan fingerprint density at radius 1 is 1.14 bits per heavy atom. The second-order valence-corrected chi connectivity index (χ2v) is 8.13. The minimum Gasteiger partial charge on any atom is -0.508 e. The first-order chi connectivity index (χ1) is 17.4. The molecule has 0 radical (unpaired) electrons. The molecule has 2 aromatic carbocycles. The van der Waals surface area contributed by atoms with Gasteiger partial charge >= 0.3 is 0 Å². The third kappa shape index (κ3) is 5.22. The second-order valence-electron chi connectivity index (χ2n) is 8.13. The van der Waals surface area contributed by atoms with Crippen LogP contribution in [0.4, 0.5) is 10.2 Å². The molecule has 0 atom stereocenters. The number of carbonyl (C=O) groups excluding carboxylic acids is 1. The number of alkyl halides is 1. The number of benzene rings is 2. The summed E-state index contributed by atoms with van der Waals surface area (Å²) >= 11 is 0. The Balaban J connectivity index is 1.45. The molecule has 0 aliphatic rings. The van der Waals surface area contributed by atoms with Crippen LogP contribution in [0.5, 0.6) is 17.2 Å². The van der Waals surface area contributed by atoms with Crippen LogP contribution >= 0.6 is 0 Å². The Bertz CT molecular complexity index is 1400. The number of carbonyl (C=O) groups is 1. The molecule has 1 amide bonds. The van der Waals surface area contributed by atoms with Crippen LogP contribution in [0.25, 0.3) is 23.0 Å². The zero-order valence-corrected chi connectivity index (χ0v) is 19.4. The highest BCUT2D eigenvalue weighted by Gasteiger charge is 2.17. The van der Waals surface area contributed by atoms with Gasteiger partial charge in [0.2, 0.25) is 5.91 Å². The third-order valence-electron chi connectivity index (χ3n) is 5.72. The Hall–Kier alpha value is -4.60. The lowest BCUT2D eigenvalue weighted by Crippen LogP contribution is -2.33. The maximum atomic E-state index is 13.6.